The molecule has 0 aromatic heterocycles. The summed E-state index contributed by atoms with van der Waals surface area (Å²) in [7, 11) is 3.08. The number of alkyl halides is 4. The number of hydrogen-bond donors (Lipinski definition) is 0. The lowest BCUT2D eigenvalue weighted by Gasteiger charge is -2.16. The summed E-state index contributed by atoms with van der Waals surface area (Å²) in [6, 6.07) is 5.28. The number of halogens is 4. The van der Waals surface area contributed by atoms with E-state index in [1.165, 1.54) is 7.11 Å². The van der Waals surface area contributed by atoms with Crippen LogP contribution in [0.3, 0.4) is 0 Å². The van der Waals surface area contributed by atoms with Crippen LogP contribution >= 0.6 is 15.9 Å². The van der Waals surface area contributed by atoms with Gasteiger partial charge in [0.15, 0.2) is 0 Å². The maximum atomic E-state index is 11.9. The van der Waals surface area contributed by atoms with Crippen molar-refractivity contribution in [3.8, 4) is 11.5 Å². The Morgan fingerprint density at radius 2 is 1.90 bits per heavy atom. The van der Waals surface area contributed by atoms with Crippen LogP contribution in [-0.4, -0.2) is 33.6 Å². The molecule has 20 heavy (non-hydrogen) atoms. The van der Waals surface area contributed by atoms with Gasteiger partial charge in [0.05, 0.1) is 14.2 Å². The second kappa shape index (κ2) is 7.73. The minimum atomic E-state index is -4.30. The molecular formula is C13H16BrF3O3. The van der Waals surface area contributed by atoms with Crippen LogP contribution in [0.2, 0.25) is 0 Å². The molecule has 1 unspecified atom stereocenters. The molecule has 0 saturated heterocycles. The predicted octanol–water partition coefficient (Wildman–Crippen LogP) is 4.11. The average Bonchev–Trinajstić information content (AvgIpc) is 2.41. The molecular weight excluding hydrogens is 341 g/mol. The molecule has 0 saturated carbocycles. The first kappa shape index (κ1) is 17.1. The molecule has 1 atom stereocenters. The molecule has 0 N–H and O–H groups in total. The summed E-state index contributed by atoms with van der Waals surface area (Å²) < 4.78 is 50.8. The van der Waals surface area contributed by atoms with E-state index in [-0.39, 0.29) is 11.4 Å². The molecule has 114 valence electrons. The molecule has 1 aromatic rings. The van der Waals surface area contributed by atoms with E-state index in [0.29, 0.717) is 17.9 Å². The fourth-order valence-corrected chi connectivity index (χ4v) is 2.16. The van der Waals surface area contributed by atoms with Gasteiger partial charge >= 0.3 is 6.18 Å². The van der Waals surface area contributed by atoms with Gasteiger partial charge in [0, 0.05) is 17.0 Å². The van der Waals surface area contributed by atoms with E-state index >= 15 is 0 Å². The van der Waals surface area contributed by atoms with Gasteiger partial charge in [-0.25, -0.2) is 0 Å². The summed E-state index contributed by atoms with van der Waals surface area (Å²) in [4.78, 5) is -0.180. The Bertz CT molecular complexity index is 424. The van der Waals surface area contributed by atoms with Gasteiger partial charge < -0.3 is 14.2 Å². The second-order valence-corrected chi connectivity index (χ2v) is 5.14. The molecule has 0 bridgehead atoms. The van der Waals surface area contributed by atoms with Gasteiger partial charge in [-0.15, -0.1) is 0 Å². The highest BCUT2D eigenvalue weighted by molar-refractivity contribution is 9.09. The van der Waals surface area contributed by atoms with Gasteiger partial charge in [0.2, 0.25) is 0 Å². The highest BCUT2D eigenvalue weighted by Crippen LogP contribution is 2.36. The molecule has 1 rings (SSSR count). The Morgan fingerprint density at radius 3 is 2.45 bits per heavy atom. The van der Waals surface area contributed by atoms with Crippen LogP contribution < -0.4 is 9.47 Å². The van der Waals surface area contributed by atoms with Crippen molar-refractivity contribution in [1.29, 1.82) is 0 Å². The number of ether oxygens (including phenoxy) is 3. The van der Waals surface area contributed by atoms with E-state index in [1.54, 1.807) is 25.3 Å². The monoisotopic (exact) mass is 356 g/mol. The van der Waals surface area contributed by atoms with Gasteiger partial charge in [0.25, 0.3) is 0 Å². The zero-order chi connectivity index (χ0) is 15.2. The van der Waals surface area contributed by atoms with E-state index in [0.717, 1.165) is 5.56 Å². The van der Waals surface area contributed by atoms with Crippen LogP contribution in [0.25, 0.3) is 0 Å². The molecule has 0 spiro atoms. The summed E-state index contributed by atoms with van der Waals surface area (Å²) in [5, 5.41) is 0. The molecule has 7 heteroatoms. The van der Waals surface area contributed by atoms with E-state index in [4.69, 9.17) is 9.47 Å². The highest BCUT2D eigenvalue weighted by atomic mass is 79.9. The number of benzene rings is 1. The number of methoxy groups -OCH3 is 2. The molecule has 0 heterocycles. The molecule has 0 aliphatic rings. The summed E-state index contributed by atoms with van der Waals surface area (Å²) in [5.41, 5.74) is 0.808. The molecule has 1 aromatic carbocycles. The standard InChI is InChI=1S/C13H16BrF3O3/c1-18-9-3-4-12(19-2)10(7-9)11(14)5-6-20-8-13(15,16)17/h3-4,7,11H,5-6,8H2,1-2H3. The SMILES string of the molecule is COc1ccc(OC)c(C(Br)CCOCC(F)(F)F)c1. The fraction of sp³-hybridized carbons (Fsp3) is 0.538. The van der Waals surface area contributed by atoms with Crippen LogP contribution in [0.1, 0.15) is 16.8 Å². The molecule has 0 radical (unpaired) electrons. The van der Waals surface area contributed by atoms with Crippen LogP contribution in [0.4, 0.5) is 13.2 Å². The summed E-state index contributed by atoms with van der Waals surface area (Å²) in [5.74, 6) is 1.30. The van der Waals surface area contributed by atoms with Crippen molar-refractivity contribution in [3.63, 3.8) is 0 Å². The van der Waals surface area contributed by atoms with Crippen molar-refractivity contribution in [2.75, 3.05) is 27.4 Å². The Kier molecular flexibility index (Phi) is 6.61. The summed E-state index contributed by atoms with van der Waals surface area (Å²) in [6.07, 6.45) is -3.91. The van der Waals surface area contributed by atoms with Crippen LogP contribution in [-0.2, 0) is 4.74 Å². The van der Waals surface area contributed by atoms with Crippen molar-refractivity contribution >= 4 is 15.9 Å². The topological polar surface area (TPSA) is 27.7 Å². The lowest BCUT2D eigenvalue weighted by atomic mass is 10.1. The zero-order valence-corrected chi connectivity index (χ0v) is 12.8. The summed E-state index contributed by atoms with van der Waals surface area (Å²) in [6.45, 7) is -1.24. The van der Waals surface area contributed by atoms with Crippen LogP contribution in [0.5, 0.6) is 11.5 Å². The van der Waals surface area contributed by atoms with Gasteiger partial charge in [0.1, 0.15) is 18.1 Å². The summed E-state index contributed by atoms with van der Waals surface area (Å²) >= 11 is 3.42. The lowest BCUT2D eigenvalue weighted by Crippen LogP contribution is -2.17. The molecule has 0 aliphatic heterocycles. The van der Waals surface area contributed by atoms with E-state index < -0.39 is 12.8 Å². The van der Waals surface area contributed by atoms with Gasteiger partial charge in [-0.05, 0) is 24.6 Å². The van der Waals surface area contributed by atoms with Crippen LogP contribution in [0.15, 0.2) is 18.2 Å². The van der Waals surface area contributed by atoms with E-state index in [1.807, 2.05) is 0 Å². The first-order chi connectivity index (χ1) is 9.37. The van der Waals surface area contributed by atoms with Gasteiger partial charge in [-0.2, -0.15) is 13.2 Å². The first-order valence-electron chi connectivity index (χ1n) is 5.88. The minimum Gasteiger partial charge on any atom is -0.497 e. The predicted molar refractivity (Wildman–Crippen MR) is 72.7 cm³/mol. The second-order valence-electron chi connectivity index (χ2n) is 4.03. The maximum absolute atomic E-state index is 11.9. The van der Waals surface area contributed by atoms with E-state index in [2.05, 4.69) is 20.7 Å². The average molecular weight is 357 g/mol. The number of hydrogen-bond acceptors (Lipinski definition) is 3. The molecule has 0 fully saturated rings. The van der Waals surface area contributed by atoms with Crippen LogP contribution in [0, 0.1) is 0 Å². The van der Waals surface area contributed by atoms with E-state index in [9.17, 15) is 13.2 Å². The third kappa shape index (κ3) is 5.58. The number of rotatable bonds is 7. The quantitative estimate of drug-likeness (QED) is 0.543. The van der Waals surface area contributed by atoms with Crippen molar-refractivity contribution in [1.82, 2.24) is 0 Å². The van der Waals surface area contributed by atoms with Crippen molar-refractivity contribution in [2.24, 2.45) is 0 Å². The lowest BCUT2D eigenvalue weighted by molar-refractivity contribution is -0.174. The van der Waals surface area contributed by atoms with Gasteiger partial charge in [-0.1, -0.05) is 15.9 Å². The van der Waals surface area contributed by atoms with Gasteiger partial charge in [-0.3, -0.25) is 0 Å². The Hall–Kier alpha value is -0.950. The fourth-order valence-electron chi connectivity index (χ4n) is 1.61. The van der Waals surface area contributed by atoms with Crippen molar-refractivity contribution in [2.45, 2.75) is 17.4 Å². The van der Waals surface area contributed by atoms with Crippen molar-refractivity contribution in [3.05, 3.63) is 23.8 Å². The minimum absolute atomic E-state index is 0.00418. The third-order valence-electron chi connectivity index (χ3n) is 2.56. The third-order valence-corrected chi connectivity index (χ3v) is 3.51. The maximum Gasteiger partial charge on any atom is 0.411 e. The largest absolute Gasteiger partial charge is 0.497 e. The Balaban J connectivity index is 2.60. The Morgan fingerprint density at radius 1 is 1.20 bits per heavy atom. The smallest absolute Gasteiger partial charge is 0.411 e. The zero-order valence-electron chi connectivity index (χ0n) is 11.2. The highest BCUT2D eigenvalue weighted by Gasteiger charge is 2.27. The first-order valence-corrected chi connectivity index (χ1v) is 6.79. The molecule has 3 nitrogen and oxygen atoms in total. The van der Waals surface area contributed by atoms with Crippen molar-refractivity contribution < 1.29 is 27.4 Å². The molecule has 0 amide bonds. The molecule has 0 aliphatic carbocycles. The Labute approximate surface area is 124 Å². The normalized spacial score (nSPS) is 13.1.